The van der Waals surface area contributed by atoms with Gasteiger partial charge in [0.15, 0.2) is 0 Å². The number of rotatable bonds is 4. The Labute approximate surface area is 118 Å². The number of nitrogens with zero attached hydrogens (tertiary/aromatic N) is 2. The van der Waals surface area contributed by atoms with E-state index in [1.54, 1.807) is 37.3 Å². The Morgan fingerprint density at radius 2 is 2.15 bits per heavy atom. The second-order valence-electron chi connectivity index (χ2n) is 4.70. The minimum atomic E-state index is -0.0658. The quantitative estimate of drug-likeness (QED) is 0.859. The van der Waals surface area contributed by atoms with Crippen molar-refractivity contribution in [2.24, 2.45) is 0 Å². The van der Waals surface area contributed by atoms with E-state index in [0.717, 1.165) is 17.0 Å². The highest BCUT2D eigenvalue weighted by Crippen LogP contribution is 2.18. The predicted octanol–water partition coefficient (Wildman–Crippen LogP) is 2.57. The smallest absolute Gasteiger partial charge is 0.254 e. The maximum absolute atomic E-state index is 12.4. The zero-order valence-corrected chi connectivity index (χ0v) is 12.1. The number of hydrogen-bond acceptors (Lipinski definition) is 4. The first-order chi connectivity index (χ1) is 9.52. The van der Waals surface area contributed by atoms with Gasteiger partial charge >= 0.3 is 0 Å². The predicted molar refractivity (Wildman–Crippen MR) is 74.8 cm³/mol. The Morgan fingerprint density at radius 3 is 2.75 bits per heavy atom. The lowest BCUT2D eigenvalue weighted by Gasteiger charge is -2.17. The van der Waals surface area contributed by atoms with Crippen LogP contribution in [0, 0.1) is 13.8 Å². The molecule has 20 heavy (non-hydrogen) atoms. The first-order valence-corrected chi connectivity index (χ1v) is 6.34. The monoisotopic (exact) mass is 274 g/mol. The largest absolute Gasteiger partial charge is 0.497 e. The number of aryl methyl sites for hydroxylation is 2. The van der Waals surface area contributed by atoms with Crippen LogP contribution in [-0.2, 0) is 6.54 Å². The molecule has 0 atom stereocenters. The number of aromatic nitrogens is 1. The van der Waals surface area contributed by atoms with Gasteiger partial charge < -0.3 is 14.2 Å². The molecule has 0 saturated carbocycles. The summed E-state index contributed by atoms with van der Waals surface area (Å²) in [6, 6.07) is 7.11. The van der Waals surface area contributed by atoms with E-state index in [0.29, 0.717) is 17.9 Å². The summed E-state index contributed by atoms with van der Waals surface area (Å²) in [6.45, 7) is 4.19. The van der Waals surface area contributed by atoms with Gasteiger partial charge in [0.1, 0.15) is 11.5 Å². The molecule has 106 valence electrons. The molecular formula is C15H18N2O3. The molecule has 0 aliphatic carbocycles. The van der Waals surface area contributed by atoms with Gasteiger partial charge in [-0.15, -0.1) is 0 Å². The zero-order valence-electron chi connectivity index (χ0n) is 12.1. The summed E-state index contributed by atoms with van der Waals surface area (Å²) >= 11 is 0. The highest BCUT2D eigenvalue weighted by molar-refractivity contribution is 5.94. The van der Waals surface area contributed by atoms with Crippen LogP contribution in [0.3, 0.4) is 0 Å². The molecule has 0 aliphatic heterocycles. The average molecular weight is 274 g/mol. The van der Waals surface area contributed by atoms with E-state index >= 15 is 0 Å². The fourth-order valence-corrected chi connectivity index (χ4v) is 2.01. The maximum atomic E-state index is 12.4. The molecule has 0 aliphatic rings. The number of hydrogen-bond donors (Lipinski definition) is 0. The Kier molecular flexibility index (Phi) is 4.08. The molecule has 1 amide bonds. The number of carbonyl (C=O) groups is 1. The first kappa shape index (κ1) is 14.1. The van der Waals surface area contributed by atoms with Crippen LogP contribution in [0.2, 0.25) is 0 Å². The molecule has 5 nitrogen and oxygen atoms in total. The van der Waals surface area contributed by atoms with E-state index in [4.69, 9.17) is 9.26 Å². The Balaban J connectivity index is 2.16. The van der Waals surface area contributed by atoms with Crippen molar-refractivity contribution in [1.82, 2.24) is 10.1 Å². The standard InChI is InChI=1S/C15H18N2O3/c1-10-14(11(2)20-16-10)9-17(3)15(18)12-6-5-7-13(8-12)19-4/h5-8H,9H2,1-4H3. The summed E-state index contributed by atoms with van der Waals surface area (Å²) < 4.78 is 10.2. The zero-order chi connectivity index (χ0) is 14.7. The maximum Gasteiger partial charge on any atom is 0.254 e. The molecule has 0 N–H and O–H groups in total. The van der Waals surface area contributed by atoms with Gasteiger partial charge in [0.25, 0.3) is 5.91 Å². The van der Waals surface area contributed by atoms with Crippen molar-refractivity contribution in [3.63, 3.8) is 0 Å². The highest BCUT2D eigenvalue weighted by Gasteiger charge is 2.17. The second kappa shape index (κ2) is 5.77. The number of methoxy groups -OCH3 is 1. The Morgan fingerprint density at radius 1 is 1.40 bits per heavy atom. The number of benzene rings is 1. The third-order valence-corrected chi connectivity index (χ3v) is 3.24. The van der Waals surface area contributed by atoms with Gasteiger partial charge in [-0.2, -0.15) is 0 Å². The number of amides is 1. The van der Waals surface area contributed by atoms with Crippen LogP contribution >= 0.6 is 0 Å². The molecule has 0 fully saturated rings. The van der Waals surface area contributed by atoms with Crippen LogP contribution in [0.5, 0.6) is 5.75 Å². The van der Waals surface area contributed by atoms with E-state index in [1.807, 2.05) is 19.9 Å². The second-order valence-corrected chi connectivity index (χ2v) is 4.70. The summed E-state index contributed by atoms with van der Waals surface area (Å²) in [4.78, 5) is 14.0. The summed E-state index contributed by atoms with van der Waals surface area (Å²) in [5.41, 5.74) is 2.36. The van der Waals surface area contributed by atoms with E-state index < -0.39 is 0 Å². The molecule has 1 aromatic carbocycles. The molecule has 2 rings (SSSR count). The number of carbonyl (C=O) groups excluding carboxylic acids is 1. The van der Waals surface area contributed by atoms with Gasteiger partial charge in [-0.3, -0.25) is 4.79 Å². The van der Waals surface area contributed by atoms with Crippen molar-refractivity contribution in [3.05, 3.63) is 46.8 Å². The van der Waals surface area contributed by atoms with E-state index in [2.05, 4.69) is 5.16 Å². The van der Waals surface area contributed by atoms with E-state index in [1.165, 1.54) is 0 Å². The van der Waals surface area contributed by atoms with Gasteiger partial charge in [-0.05, 0) is 32.0 Å². The van der Waals surface area contributed by atoms with Crippen molar-refractivity contribution in [3.8, 4) is 5.75 Å². The fraction of sp³-hybridized carbons (Fsp3) is 0.333. The van der Waals surface area contributed by atoms with Crippen LogP contribution in [0.15, 0.2) is 28.8 Å². The van der Waals surface area contributed by atoms with Crippen LogP contribution in [-0.4, -0.2) is 30.1 Å². The molecule has 0 radical (unpaired) electrons. The topological polar surface area (TPSA) is 55.6 Å². The lowest BCUT2D eigenvalue weighted by atomic mass is 10.1. The SMILES string of the molecule is COc1cccc(C(=O)N(C)Cc2c(C)noc2C)c1. The third kappa shape index (κ3) is 2.82. The Bertz CT molecular complexity index is 600. The van der Waals surface area contributed by atoms with Crippen molar-refractivity contribution in [1.29, 1.82) is 0 Å². The average Bonchev–Trinajstić information content (AvgIpc) is 2.78. The summed E-state index contributed by atoms with van der Waals surface area (Å²) in [5, 5.41) is 3.90. The first-order valence-electron chi connectivity index (χ1n) is 6.34. The van der Waals surface area contributed by atoms with Gasteiger partial charge in [-0.1, -0.05) is 11.2 Å². The fourth-order valence-electron chi connectivity index (χ4n) is 2.01. The van der Waals surface area contributed by atoms with Crippen molar-refractivity contribution in [2.75, 3.05) is 14.2 Å². The summed E-state index contributed by atoms with van der Waals surface area (Å²) in [7, 11) is 3.34. The molecule has 0 bridgehead atoms. The van der Waals surface area contributed by atoms with Crippen LogP contribution in [0.25, 0.3) is 0 Å². The van der Waals surface area contributed by atoms with Gasteiger partial charge in [-0.25, -0.2) is 0 Å². The molecule has 1 heterocycles. The third-order valence-electron chi connectivity index (χ3n) is 3.24. The van der Waals surface area contributed by atoms with Crippen molar-refractivity contribution in [2.45, 2.75) is 20.4 Å². The molecule has 0 saturated heterocycles. The molecule has 2 aromatic rings. The van der Waals surface area contributed by atoms with Gasteiger partial charge in [0, 0.05) is 18.2 Å². The van der Waals surface area contributed by atoms with E-state index in [9.17, 15) is 4.79 Å². The van der Waals surface area contributed by atoms with Crippen LogP contribution in [0.4, 0.5) is 0 Å². The normalized spacial score (nSPS) is 10.4. The van der Waals surface area contributed by atoms with Crippen molar-refractivity contribution >= 4 is 5.91 Å². The minimum Gasteiger partial charge on any atom is -0.497 e. The molecule has 0 unspecified atom stereocenters. The lowest BCUT2D eigenvalue weighted by molar-refractivity contribution is 0.0784. The van der Waals surface area contributed by atoms with E-state index in [-0.39, 0.29) is 5.91 Å². The molecular weight excluding hydrogens is 256 g/mol. The Hall–Kier alpha value is -2.30. The van der Waals surface area contributed by atoms with Crippen molar-refractivity contribution < 1.29 is 14.1 Å². The lowest BCUT2D eigenvalue weighted by Crippen LogP contribution is -2.26. The van der Waals surface area contributed by atoms with Gasteiger partial charge in [0.2, 0.25) is 0 Å². The van der Waals surface area contributed by atoms with Gasteiger partial charge in [0.05, 0.1) is 19.3 Å². The minimum absolute atomic E-state index is 0.0658. The molecule has 5 heteroatoms. The van der Waals surface area contributed by atoms with Crippen LogP contribution < -0.4 is 4.74 Å². The number of ether oxygens (including phenoxy) is 1. The highest BCUT2D eigenvalue weighted by atomic mass is 16.5. The summed E-state index contributed by atoms with van der Waals surface area (Å²) in [5.74, 6) is 1.35. The van der Waals surface area contributed by atoms with Crippen LogP contribution in [0.1, 0.15) is 27.4 Å². The molecule has 0 spiro atoms. The summed E-state index contributed by atoms with van der Waals surface area (Å²) in [6.07, 6.45) is 0. The molecule has 1 aromatic heterocycles.